The summed E-state index contributed by atoms with van der Waals surface area (Å²) < 4.78 is 0. The third-order valence-electron chi connectivity index (χ3n) is 2.23. The number of nitrogens with two attached hydrogens (primary N) is 1. The highest BCUT2D eigenvalue weighted by Crippen LogP contribution is 2.14. The van der Waals surface area contributed by atoms with Crippen LogP contribution in [0.3, 0.4) is 0 Å². The SMILES string of the molecule is Cc1cc(Cl)ccc1C(=O)NCC/C(N)=N/O. The summed E-state index contributed by atoms with van der Waals surface area (Å²) in [7, 11) is 0. The van der Waals surface area contributed by atoms with Gasteiger partial charge in [0.15, 0.2) is 0 Å². The number of rotatable bonds is 4. The van der Waals surface area contributed by atoms with Gasteiger partial charge in [-0.15, -0.1) is 0 Å². The van der Waals surface area contributed by atoms with Crippen LogP contribution in [-0.2, 0) is 0 Å². The van der Waals surface area contributed by atoms with Gasteiger partial charge in [-0.2, -0.15) is 0 Å². The number of hydrogen-bond acceptors (Lipinski definition) is 3. The van der Waals surface area contributed by atoms with Crippen molar-refractivity contribution in [2.45, 2.75) is 13.3 Å². The van der Waals surface area contributed by atoms with Crippen LogP contribution >= 0.6 is 11.6 Å². The Kier molecular flexibility index (Phi) is 4.78. The van der Waals surface area contributed by atoms with Crippen molar-refractivity contribution in [1.29, 1.82) is 0 Å². The molecule has 1 amide bonds. The molecule has 0 radical (unpaired) electrons. The van der Waals surface area contributed by atoms with Crippen molar-refractivity contribution >= 4 is 23.3 Å². The first-order chi connectivity index (χ1) is 8.04. The Labute approximate surface area is 104 Å². The lowest BCUT2D eigenvalue weighted by Crippen LogP contribution is -2.28. The van der Waals surface area contributed by atoms with Gasteiger partial charge in [-0.3, -0.25) is 4.79 Å². The van der Waals surface area contributed by atoms with E-state index in [1.807, 2.05) is 6.92 Å². The molecule has 0 bridgehead atoms. The van der Waals surface area contributed by atoms with Crippen LogP contribution in [0, 0.1) is 6.92 Å². The van der Waals surface area contributed by atoms with Crippen molar-refractivity contribution < 1.29 is 10.0 Å². The number of carbonyl (C=O) groups excluding carboxylic acids is 1. The smallest absolute Gasteiger partial charge is 0.251 e. The topological polar surface area (TPSA) is 87.7 Å². The number of hydrogen-bond donors (Lipinski definition) is 3. The van der Waals surface area contributed by atoms with Crippen LogP contribution in [0.5, 0.6) is 0 Å². The van der Waals surface area contributed by atoms with Crippen LogP contribution in [0.4, 0.5) is 0 Å². The van der Waals surface area contributed by atoms with E-state index in [0.717, 1.165) is 5.56 Å². The first-order valence-corrected chi connectivity index (χ1v) is 5.43. The standard InChI is InChI=1S/C11H14ClN3O2/c1-7-6-8(12)2-3-9(7)11(16)14-5-4-10(13)15-17/h2-3,6,17H,4-5H2,1H3,(H2,13,15)(H,14,16). The van der Waals surface area contributed by atoms with E-state index in [1.165, 1.54) is 0 Å². The van der Waals surface area contributed by atoms with E-state index in [4.69, 9.17) is 22.5 Å². The Hall–Kier alpha value is -1.75. The number of aryl methyl sites for hydroxylation is 1. The van der Waals surface area contributed by atoms with E-state index < -0.39 is 0 Å². The molecule has 0 unspecified atom stereocenters. The highest BCUT2D eigenvalue weighted by Gasteiger charge is 2.08. The maximum Gasteiger partial charge on any atom is 0.251 e. The van der Waals surface area contributed by atoms with Gasteiger partial charge in [0.25, 0.3) is 5.91 Å². The average Bonchev–Trinajstić information content (AvgIpc) is 2.28. The van der Waals surface area contributed by atoms with Crippen molar-refractivity contribution in [3.63, 3.8) is 0 Å². The number of nitrogens with zero attached hydrogens (tertiary/aromatic N) is 1. The number of amides is 1. The molecule has 0 aliphatic carbocycles. The van der Waals surface area contributed by atoms with Gasteiger partial charge < -0.3 is 16.3 Å². The molecule has 17 heavy (non-hydrogen) atoms. The molecule has 0 spiro atoms. The van der Waals surface area contributed by atoms with Gasteiger partial charge in [-0.1, -0.05) is 16.8 Å². The summed E-state index contributed by atoms with van der Waals surface area (Å²) >= 11 is 5.79. The Morgan fingerprint density at radius 1 is 1.59 bits per heavy atom. The number of nitrogens with one attached hydrogen (secondary N) is 1. The predicted molar refractivity (Wildman–Crippen MR) is 66.5 cm³/mol. The van der Waals surface area contributed by atoms with Crippen LogP contribution < -0.4 is 11.1 Å². The summed E-state index contributed by atoms with van der Waals surface area (Å²) in [6, 6.07) is 5.05. The molecule has 92 valence electrons. The molecule has 0 saturated carbocycles. The molecule has 0 fully saturated rings. The van der Waals surface area contributed by atoms with E-state index in [0.29, 0.717) is 23.6 Å². The Morgan fingerprint density at radius 3 is 2.88 bits per heavy atom. The van der Waals surface area contributed by atoms with Crippen LogP contribution in [-0.4, -0.2) is 23.5 Å². The molecule has 1 aromatic carbocycles. The van der Waals surface area contributed by atoms with Gasteiger partial charge >= 0.3 is 0 Å². The molecule has 0 aliphatic rings. The van der Waals surface area contributed by atoms with Crippen molar-refractivity contribution in [1.82, 2.24) is 5.32 Å². The first-order valence-electron chi connectivity index (χ1n) is 5.05. The summed E-state index contributed by atoms with van der Waals surface area (Å²) in [6.07, 6.45) is 0.300. The van der Waals surface area contributed by atoms with Crippen molar-refractivity contribution in [3.05, 3.63) is 34.3 Å². The normalized spacial score (nSPS) is 11.3. The zero-order chi connectivity index (χ0) is 12.8. The minimum Gasteiger partial charge on any atom is -0.409 e. The maximum absolute atomic E-state index is 11.7. The molecule has 0 heterocycles. The van der Waals surface area contributed by atoms with Crippen LogP contribution in [0.15, 0.2) is 23.4 Å². The molecule has 0 atom stereocenters. The fourth-order valence-corrected chi connectivity index (χ4v) is 1.56. The van der Waals surface area contributed by atoms with E-state index in [9.17, 15) is 4.79 Å². The molecule has 4 N–H and O–H groups in total. The number of oxime groups is 1. The highest BCUT2D eigenvalue weighted by atomic mass is 35.5. The Bertz CT molecular complexity index is 446. The lowest BCUT2D eigenvalue weighted by Gasteiger charge is -2.07. The fraction of sp³-hybridized carbons (Fsp3) is 0.273. The zero-order valence-corrected chi connectivity index (χ0v) is 10.2. The van der Waals surface area contributed by atoms with Gasteiger partial charge in [0.05, 0.1) is 0 Å². The second-order valence-corrected chi connectivity index (χ2v) is 3.99. The van der Waals surface area contributed by atoms with E-state index in [2.05, 4.69) is 10.5 Å². The maximum atomic E-state index is 11.7. The van der Waals surface area contributed by atoms with Gasteiger partial charge in [0, 0.05) is 23.6 Å². The zero-order valence-electron chi connectivity index (χ0n) is 9.40. The molecular weight excluding hydrogens is 242 g/mol. The number of carbonyl (C=O) groups is 1. The predicted octanol–water partition coefficient (Wildman–Crippen LogP) is 1.51. The number of benzene rings is 1. The minimum absolute atomic E-state index is 0.0816. The molecule has 1 aromatic rings. The summed E-state index contributed by atoms with van der Waals surface area (Å²) in [6.45, 7) is 2.13. The first kappa shape index (κ1) is 13.3. The van der Waals surface area contributed by atoms with Crippen LogP contribution in [0.2, 0.25) is 5.02 Å². The van der Waals surface area contributed by atoms with E-state index in [1.54, 1.807) is 18.2 Å². The van der Waals surface area contributed by atoms with Gasteiger partial charge in [-0.25, -0.2) is 0 Å². The highest BCUT2D eigenvalue weighted by molar-refractivity contribution is 6.30. The Morgan fingerprint density at radius 2 is 2.29 bits per heavy atom. The molecule has 6 heteroatoms. The fourth-order valence-electron chi connectivity index (χ4n) is 1.33. The van der Waals surface area contributed by atoms with Crippen LogP contribution in [0.1, 0.15) is 22.3 Å². The lowest BCUT2D eigenvalue weighted by atomic mass is 10.1. The van der Waals surface area contributed by atoms with Gasteiger partial charge in [0.2, 0.25) is 0 Å². The monoisotopic (exact) mass is 255 g/mol. The molecule has 1 rings (SSSR count). The molecular formula is C11H14ClN3O2. The second kappa shape index (κ2) is 6.10. The summed E-state index contributed by atoms with van der Waals surface area (Å²) in [5.74, 6) is -0.122. The third kappa shape index (κ3) is 3.96. The van der Waals surface area contributed by atoms with Crippen molar-refractivity contribution in [2.75, 3.05) is 6.54 Å². The van der Waals surface area contributed by atoms with Crippen molar-refractivity contribution in [3.8, 4) is 0 Å². The van der Waals surface area contributed by atoms with Gasteiger partial charge in [0.1, 0.15) is 5.84 Å². The van der Waals surface area contributed by atoms with Gasteiger partial charge in [-0.05, 0) is 30.7 Å². The summed E-state index contributed by atoms with van der Waals surface area (Å²) in [5, 5.41) is 14.4. The minimum atomic E-state index is -0.204. The van der Waals surface area contributed by atoms with Crippen LogP contribution in [0.25, 0.3) is 0 Å². The molecule has 0 aromatic heterocycles. The largest absolute Gasteiger partial charge is 0.409 e. The average molecular weight is 256 g/mol. The number of halogens is 1. The lowest BCUT2D eigenvalue weighted by molar-refractivity contribution is 0.0954. The Balaban J connectivity index is 2.58. The van der Waals surface area contributed by atoms with E-state index >= 15 is 0 Å². The molecule has 5 nitrogen and oxygen atoms in total. The number of amidine groups is 1. The summed E-state index contributed by atoms with van der Waals surface area (Å²) in [5.41, 5.74) is 6.65. The van der Waals surface area contributed by atoms with Crippen molar-refractivity contribution in [2.24, 2.45) is 10.9 Å². The summed E-state index contributed by atoms with van der Waals surface area (Å²) in [4.78, 5) is 11.7. The second-order valence-electron chi connectivity index (χ2n) is 3.56. The quantitative estimate of drug-likeness (QED) is 0.330. The molecule has 0 saturated heterocycles. The van der Waals surface area contributed by atoms with E-state index in [-0.39, 0.29) is 11.7 Å². The third-order valence-corrected chi connectivity index (χ3v) is 2.46. The molecule has 0 aliphatic heterocycles.